The van der Waals surface area contributed by atoms with Crippen molar-refractivity contribution in [3.63, 3.8) is 0 Å². The van der Waals surface area contributed by atoms with Crippen molar-refractivity contribution >= 4 is 22.2 Å². The number of nitrogens with one attached hydrogen (secondary N) is 1. The van der Waals surface area contributed by atoms with Crippen LogP contribution in [0.15, 0.2) is 41.9 Å². The minimum absolute atomic E-state index is 0.279. The summed E-state index contributed by atoms with van der Waals surface area (Å²) in [6, 6.07) is 10.9. The molecule has 1 N–H and O–H groups in total. The third-order valence-electron chi connectivity index (χ3n) is 3.33. The summed E-state index contributed by atoms with van der Waals surface area (Å²) in [7, 11) is 0. The van der Waals surface area contributed by atoms with E-state index >= 15 is 0 Å². The topological polar surface area (TPSA) is 37.8 Å². The van der Waals surface area contributed by atoms with E-state index in [1.165, 1.54) is 10.9 Å². The maximum absolute atomic E-state index is 4.52. The number of rotatable bonds is 4. The van der Waals surface area contributed by atoms with Crippen LogP contribution in [-0.2, 0) is 6.54 Å². The van der Waals surface area contributed by atoms with Gasteiger partial charge in [0.25, 0.3) is 0 Å². The number of aryl methyl sites for hydroxylation is 1. The van der Waals surface area contributed by atoms with Gasteiger partial charge in [-0.05, 0) is 37.6 Å². The van der Waals surface area contributed by atoms with Crippen LogP contribution < -0.4 is 5.32 Å². The Morgan fingerprint density at radius 2 is 2.15 bits per heavy atom. The number of hydrogen-bond acceptors (Lipinski definition) is 4. The summed E-state index contributed by atoms with van der Waals surface area (Å²) >= 11 is 1.69. The van der Waals surface area contributed by atoms with Crippen LogP contribution in [0.25, 0.3) is 10.9 Å². The van der Waals surface area contributed by atoms with Gasteiger partial charge in [-0.15, -0.1) is 11.3 Å². The Bertz CT molecular complexity index is 707. The van der Waals surface area contributed by atoms with E-state index in [-0.39, 0.29) is 6.04 Å². The molecule has 0 saturated heterocycles. The van der Waals surface area contributed by atoms with Crippen molar-refractivity contribution in [3.8, 4) is 0 Å². The second-order valence-corrected chi connectivity index (χ2v) is 5.88. The molecule has 102 valence electrons. The maximum atomic E-state index is 4.52. The van der Waals surface area contributed by atoms with Crippen LogP contribution >= 0.6 is 11.3 Å². The smallest absolute Gasteiger partial charge is 0.109 e. The fourth-order valence-electron chi connectivity index (χ4n) is 2.19. The van der Waals surface area contributed by atoms with E-state index in [2.05, 4.69) is 52.5 Å². The number of thiazole rings is 1. The number of nitrogens with zero attached hydrogens (tertiary/aromatic N) is 2. The van der Waals surface area contributed by atoms with Crippen molar-refractivity contribution in [2.45, 2.75) is 26.4 Å². The Labute approximate surface area is 122 Å². The van der Waals surface area contributed by atoms with E-state index in [1.54, 1.807) is 11.3 Å². The van der Waals surface area contributed by atoms with Gasteiger partial charge in [0.05, 0.1) is 11.6 Å². The summed E-state index contributed by atoms with van der Waals surface area (Å²) < 4.78 is 0. The van der Waals surface area contributed by atoms with E-state index in [0.717, 1.165) is 22.8 Å². The van der Waals surface area contributed by atoms with Crippen LogP contribution in [0, 0.1) is 6.92 Å². The second-order valence-electron chi connectivity index (χ2n) is 4.95. The standard InChI is InChI=1S/C16H17N3S/c1-11-3-5-14-9-13(4-6-15(14)19-11)10-18-12(2)16-17-7-8-20-16/h3-9,12,18H,10H2,1-2H3. The molecule has 0 saturated carbocycles. The molecule has 0 bridgehead atoms. The Hall–Kier alpha value is -1.78. The number of fused-ring (bicyclic) bond motifs is 1. The van der Waals surface area contributed by atoms with Crippen LogP contribution in [0.4, 0.5) is 0 Å². The zero-order chi connectivity index (χ0) is 13.9. The molecule has 0 fully saturated rings. The Balaban J connectivity index is 1.73. The van der Waals surface area contributed by atoms with Gasteiger partial charge in [0, 0.05) is 29.2 Å². The van der Waals surface area contributed by atoms with E-state index in [9.17, 15) is 0 Å². The molecule has 0 aliphatic rings. The third-order valence-corrected chi connectivity index (χ3v) is 4.29. The van der Waals surface area contributed by atoms with Gasteiger partial charge in [-0.1, -0.05) is 12.1 Å². The molecule has 0 amide bonds. The van der Waals surface area contributed by atoms with E-state index < -0.39 is 0 Å². The average Bonchev–Trinajstić information content (AvgIpc) is 2.99. The first-order valence-electron chi connectivity index (χ1n) is 6.71. The largest absolute Gasteiger partial charge is 0.304 e. The number of hydrogen-bond donors (Lipinski definition) is 1. The zero-order valence-corrected chi connectivity index (χ0v) is 12.4. The van der Waals surface area contributed by atoms with Gasteiger partial charge in [0.15, 0.2) is 0 Å². The minimum Gasteiger partial charge on any atom is -0.304 e. The summed E-state index contributed by atoms with van der Waals surface area (Å²) in [6.07, 6.45) is 1.85. The normalized spacial score (nSPS) is 12.7. The lowest BCUT2D eigenvalue weighted by atomic mass is 10.1. The van der Waals surface area contributed by atoms with Crippen molar-refractivity contribution in [3.05, 3.63) is 58.2 Å². The highest BCUT2D eigenvalue weighted by Crippen LogP contribution is 2.17. The van der Waals surface area contributed by atoms with Gasteiger partial charge < -0.3 is 5.32 Å². The SMILES string of the molecule is Cc1ccc2cc(CNC(C)c3nccs3)ccc2n1. The predicted octanol–water partition coefficient (Wildman–Crippen LogP) is 3.85. The quantitative estimate of drug-likeness (QED) is 0.790. The fraction of sp³-hybridized carbons (Fsp3) is 0.250. The summed E-state index contributed by atoms with van der Waals surface area (Å²) in [5.41, 5.74) is 3.38. The number of aromatic nitrogens is 2. The summed E-state index contributed by atoms with van der Waals surface area (Å²) in [5.74, 6) is 0. The molecular formula is C16H17N3S. The van der Waals surface area contributed by atoms with Crippen molar-refractivity contribution in [1.82, 2.24) is 15.3 Å². The predicted molar refractivity (Wildman–Crippen MR) is 83.8 cm³/mol. The molecular weight excluding hydrogens is 266 g/mol. The highest BCUT2D eigenvalue weighted by Gasteiger charge is 2.07. The van der Waals surface area contributed by atoms with E-state index in [4.69, 9.17) is 0 Å². The van der Waals surface area contributed by atoms with Gasteiger partial charge in [-0.25, -0.2) is 4.98 Å². The third kappa shape index (κ3) is 2.86. The molecule has 0 spiro atoms. The molecule has 20 heavy (non-hydrogen) atoms. The first kappa shape index (κ1) is 13.2. The van der Waals surface area contributed by atoms with Gasteiger partial charge in [0.2, 0.25) is 0 Å². The van der Waals surface area contributed by atoms with Gasteiger partial charge in [-0.3, -0.25) is 4.98 Å². The highest BCUT2D eigenvalue weighted by molar-refractivity contribution is 7.09. The van der Waals surface area contributed by atoms with Gasteiger partial charge >= 0.3 is 0 Å². The van der Waals surface area contributed by atoms with Crippen molar-refractivity contribution in [2.24, 2.45) is 0 Å². The summed E-state index contributed by atoms with van der Waals surface area (Å²) in [5, 5.41) is 7.84. The Morgan fingerprint density at radius 3 is 2.95 bits per heavy atom. The zero-order valence-electron chi connectivity index (χ0n) is 11.6. The van der Waals surface area contributed by atoms with E-state index in [0.29, 0.717) is 0 Å². The molecule has 2 aromatic heterocycles. The van der Waals surface area contributed by atoms with Crippen LogP contribution in [0.2, 0.25) is 0 Å². The molecule has 3 rings (SSSR count). The van der Waals surface area contributed by atoms with Crippen LogP contribution in [0.3, 0.4) is 0 Å². The first-order chi connectivity index (χ1) is 9.72. The van der Waals surface area contributed by atoms with Crippen LogP contribution in [0.5, 0.6) is 0 Å². The van der Waals surface area contributed by atoms with Crippen LogP contribution in [-0.4, -0.2) is 9.97 Å². The van der Waals surface area contributed by atoms with Crippen LogP contribution in [0.1, 0.15) is 29.2 Å². The lowest BCUT2D eigenvalue weighted by molar-refractivity contribution is 0.572. The maximum Gasteiger partial charge on any atom is 0.109 e. The molecule has 1 atom stereocenters. The molecule has 0 radical (unpaired) electrons. The van der Waals surface area contributed by atoms with Crippen molar-refractivity contribution in [1.29, 1.82) is 0 Å². The van der Waals surface area contributed by atoms with Gasteiger partial charge in [0.1, 0.15) is 5.01 Å². The molecule has 3 nitrogen and oxygen atoms in total. The molecule has 3 aromatic rings. The lowest BCUT2D eigenvalue weighted by Crippen LogP contribution is -2.17. The Morgan fingerprint density at radius 1 is 1.25 bits per heavy atom. The highest BCUT2D eigenvalue weighted by atomic mass is 32.1. The fourth-order valence-corrected chi connectivity index (χ4v) is 2.86. The number of pyridine rings is 1. The molecule has 0 aliphatic heterocycles. The van der Waals surface area contributed by atoms with Crippen molar-refractivity contribution in [2.75, 3.05) is 0 Å². The summed E-state index contributed by atoms with van der Waals surface area (Å²) in [4.78, 5) is 8.86. The molecule has 4 heteroatoms. The summed E-state index contributed by atoms with van der Waals surface area (Å²) in [6.45, 7) is 5.00. The molecule has 2 heterocycles. The first-order valence-corrected chi connectivity index (χ1v) is 7.59. The lowest BCUT2D eigenvalue weighted by Gasteiger charge is -2.11. The second kappa shape index (κ2) is 5.69. The minimum atomic E-state index is 0.279. The average molecular weight is 283 g/mol. The van der Waals surface area contributed by atoms with E-state index in [1.807, 2.05) is 18.5 Å². The van der Waals surface area contributed by atoms with Crippen molar-refractivity contribution < 1.29 is 0 Å². The van der Waals surface area contributed by atoms with Gasteiger partial charge in [-0.2, -0.15) is 0 Å². The number of benzene rings is 1. The molecule has 1 unspecified atom stereocenters. The monoisotopic (exact) mass is 283 g/mol. The Kier molecular flexibility index (Phi) is 3.76. The molecule has 1 aromatic carbocycles. The molecule has 0 aliphatic carbocycles.